The number of pyridine rings is 1. The fraction of sp³-hybridized carbons (Fsp3) is 0.0455. The lowest BCUT2D eigenvalue weighted by molar-refractivity contribution is -0.384. The Kier molecular flexibility index (Phi) is 5.96. The Balaban J connectivity index is 1.49. The Morgan fingerprint density at radius 3 is 2.62 bits per heavy atom. The minimum Gasteiger partial charge on any atom is -0.455 e. The standard InChI is InChI=1S/C22H12F3N7O4S/c23-22(24,25)18-10-16(17-4-2-6-37-17)28-21-29-19(30-31(18)21)20(33)27-12-7-13(32(34)35)9-15(8-12)36-14-3-1-5-26-11-14/h1-11H,(H,27,33). The van der Waals surface area contributed by atoms with E-state index in [1.165, 1.54) is 29.8 Å². The van der Waals surface area contributed by atoms with Crippen LogP contribution in [-0.2, 0) is 6.18 Å². The average Bonchev–Trinajstić information content (AvgIpc) is 3.53. The number of alkyl halides is 3. The number of nitrogens with zero attached hydrogens (tertiary/aromatic N) is 6. The second kappa shape index (κ2) is 9.27. The molecule has 0 radical (unpaired) electrons. The number of hydrogen-bond acceptors (Lipinski definition) is 9. The topological polar surface area (TPSA) is 137 Å². The maximum absolute atomic E-state index is 13.7. The van der Waals surface area contributed by atoms with Crippen LogP contribution in [0.25, 0.3) is 16.3 Å². The number of carbonyl (C=O) groups is 1. The first kappa shape index (κ1) is 23.8. The molecule has 1 amide bonds. The zero-order chi connectivity index (χ0) is 26.2. The predicted octanol–water partition coefficient (Wildman–Crippen LogP) is 5.22. The molecule has 0 saturated heterocycles. The molecule has 4 heterocycles. The first-order valence-electron chi connectivity index (χ1n) is 10.2. The van der Waals surface area contributed by atoms with Gasteiger partial charge in [0.2, 0.25) is 5.82 Å². The van der Waals surface area contributed by atoms with Crippen molar-refractivity contribution in [1.82, 2.24) is 24.6 Å². The van der Waals surface area contributed by atoms with E-state index in [0.29, 0.717) is 9.39 Å². The minimum atomic E-state index is -4.81. The number of amides is 1. The molecular formula is C22H12F3N7O4S. The zero-order valence-corrected chi connectivity index (χ0v) is 19.0. The number of non-ortho nitro benzene ring substituents is 1. The quantitative estimate of drug-likeness (QED) is 0.234. The van der Waals surface area contributed by atoms with E-state index in [1.807, 2.05) is 0 Å². The van der Waals surface area contributed by atoms with Crippen LogP contribution in [0.2, 0.25) is 0 Å². The van der Waals surface area contributed by atoms with Gasteiger partial charge in [0.1, 0.15) is 11.5 Å². The Morgan fingerprint density at radius 1 is 1.11 bits per heavy atom. The molecule has 5 aromatic rings. The molecule has 0 unspecified atom stereocenters. The van der Waals surface area contributed by atoms with Crippen LogP contribution in [0.3, 0.4) is 0 Å². The normalized spacial score (nSPS) is 11.4. The molecule has 0 atom stereocenters. The highest BCUT2D eigenvalue weighted by Gasteiger charge is 2.36. The molecule has 5 rings (SSSR count). The van der Waals surface area contributed by atoms with Gasteiger partial charge in [-0.15, -0.1) is 16.4 Å². The first-order valence-corrected chi connectivity index (χ1v) is 11.1. The number of rotatable bonds is 6. The highest BCUT2D eigenvalue weighted by molar-refractivity contribution is 7.13. The summed E-state index contributed by atoms with van der Waals surface area (Å²) in [7, 11) is 0. The number of thiophene rings is 1. The number of nitro groups is 1. The summed E-state index contributed by atoms with van der Waals surface area (Å²) < 4.78 is 47.2. The van der Waals surface area contributed by atoms with Crippen molar-refractivity contribution in [2.75, 3.05) is 5.32 Å². The molecule has 15 heteroatoms. The van der Waals surface area contributed by atoms with Gasteiger partial charge in [-0.1, -0.05) is 6.07 Å². The Labute approximate surface area is 208 Å². The largest absolute Gasteiger partial charge is 0.455 e. The maximum Gasteiger partial charge on any atom is 0.433 e. The molecule has 4 aromatic heterocycles. The number of carbonyl (C=O) groups excluding carboxylic acids is 1. The van der Waals surface area contributed by atoms with E-state index >= 15 is 0 Å². The second-order valence-electron chi connectivity index (χ2n) is 7.37. The Hall–Kier alpha value is -4.92. The lowest BCUT2D eigenvalue weighted by Crippen LogP contribution is -2.16. The maximum atomic E-state index is 13.7. The third-order valence-corrected chi connectivity index (χ3v) is 5.70. The number of fused-ring (bicyclic) bond motifs is 1. The minimum absolute atomic E-state index is 0.0158. The fourth-order valence-electron chi connectivity index (χ4n) is 3.27. The van der Waals surface area contributed by atoms with E-state index in [2.05, 4.69) is 25.4 Å². The highest BCUT2D eigenvalue weighted by atomic mass is 32.1. The van der Waals surface area contributed by atoms with Gasteiger partial charge in [0.25, 0.3) is 17.4 Å². The number of anilines is 1. The van der Waals surface area contributed by atoms with Gasteiger partial charge in [0, 0.05) is 18.3 Å². The number of ether oxygens (including phenoxy) is 1. The van der Waals surface area contributed by atoms with Crippen molar-refractivity contribution in [3.63, 3.8) is 0 Å². The van der Waals surface area contributed by atoms with Crippen LogP contribution in [0.15, 0.2) is 66.3 Å². The average molecular weight is 527 g/mol. The SMILES string of the molecule is O=C(Nc1cc(Oc2cccnc2)cc([N+](=O)[O-])c1)c1nc2nc(-c3cccs3)cc(C(F)(F)F)n2n1. The first-order chi connectivity index (χ1) is 17.7. The molecule has 1 N–H and O–H groups in total. The molecule has 11 nitrogen and oxygen atoms in total. The van der Waals surface area contributed by atoms with Crippen LogP contribution in [0.5, 0.6) is 11.5 Å². The van der Waals surface area contributed by atoms with Gasteiger partial charge in [0.15, 0.2) is 5.69 Å². The van der Waals surface area contributed by atoms with Gasteiger partial charge in [0.05, 0.1) is 33.4 Å². The zero-order valence-electron chi connectivity index (χ0n) is 18.2. The molecular weight excluding hydrogens is 515 g/mol. The Bertz CT molecular complexity index is 1620. The third-order valence-electron chi connectivity index (χ3n) is 4.81. The molecule has 186 valence electrons. The van der Waals surface area contributed by atoms with E-state index in [4.69, 9.17) is 4.74 Å². The summed E-state index contributed by atoms with van der Waals surface area (Å²) in [5, 5.41) is 19.1. The van der Waals surface area contributed by atoms with Crippen molar-refractivity contribution in [3.8, 4) is 22.1 Å². The predicted molar refractivity (Wildman–Crippen MR) is 124 cm³/mol. The highest BCUT2D eigenvalue weighted by Crippen LogP contribution is 2.33. The van der Waals surface area contributed by atoms with Gasteiger partial charge in [-0.3, -0.25) is 19.9 Å². The van der Waals surface area contributed by atoms with E-state index in [-0.39, 0.29) is 22.9 Å². The van der Waals surface area contributed by atoms with Crippen molar-refractivity contribution in [2.24, 2.45) is 0 Å². The van der Waals surface area contributed by atoms with Gasteiger partial charge >= 0.3 is 6.18 Å². The number of nitrogens with one attached hydrogen (secondary N) is 1. The van der Waals surface area contributed by atoms with Crippen LogP contribution in [-0.4, -0.2) is 35.4 Å². The third kappa shape index (κ3) is 5.06. The van der Waals surface area contributed by atoms with Crippen molar-refractivity contribution in [2.45, 2.75) is 6.18 Å². The summed E-state index contributed by atoms with van der Waals surface area (Å²) in [4.78, 5) is 35.8. The molecule has 37 heavy (non-hydrogen) atoms. The van der Waals surface area contributed by atoms with Gasteiger partial charge in [-0.2, -0.15) is 22.7 Å². The number of nitro benzene ring substituents is 1. The summed E-state index contributed by atoms with van der Waals surface area (Å²) >= 11 is 1.19. The molecule has 0 fully saturated rings. The number of aromatic nitrogens is 5. The van der Waals surface area contributed by atoms with Crippen molar-refractivity contribution < 1.29 is 27.6 Å². The molecule has 1 aromatic carbocycles. The van der Waals surface area contributed by atoms with Crippen molar-refractivity contribution >= 4 is 34.4 Å². The lowest BCUT2D eigenvalue weighted by Gasteiger charge is -2.09. The van der Waals surface area contributed by atoms with Crippen LogP contribution < -0.4 is 10.1 Å². The van der Waals surface area contributed by atoms with Gasteiger partial charge in [-0.25, -0.2) is 4.98 Å². The number of benzene rings is 1. The summed E-state index contributed by atoms with van der Waals surface area (Å²) in [5.41, 5.74) is -1.62. The summed E-state index contributed by atoms with van der Waals surface area (Å²) in [5.74, 6) is -1.77. The van der Waals surface area contributed by atoms with E-state index in [0.717, 1.165) is 18.2 Å². The fourth-order valence-corrected chi connectivity index (χ4v) is 3.95. The van der Waals surface area contributed by atoms with Gasteiger partial charge < -0.3 is 10.1 Å². The summed E-state index contributed by atoms with van der Waals surface area (Å²) in [6.07, 6.45) is -1.92. The molecule has 0 aliphatic rings. The monoisotopic (exact) mass is 527 g/mol. The van der Waals surface area contributed by atoms with Crippen LogP contribution in [0.1, 0.15) is 16.3 Å². The van der Waals surface area contributed by atoms with Gasteiger partial charge in [-0.05, 0) is 29.6 Å². The van der Waals surface area contributed by atoms with E-state index in [1.54, 1.807) is 29.6 Å². The van der Waals surface area contributed by atoms with Crippen molar-refractivity contribution in [1.29, 1.82) is 0 Å². The van der Waals surface area contributed by atoms with E-state index in [9.17, 15) is 28.1 Å². The number of halogens is 3. The van der Waals surface area contributed by atoms with E-state index < -0.39 is 40.0 Å². The summed E-state index contributed by atoms with van der Waals surface area (Å²) in [6.45, 7) is 0. The summed E-state index contributed by atoms with van der Waals surface area (Å²) in [6, 6.07) is 10.7. The van der Waals surface area contributed by atoms with Crippen LogP contribution >= 0.6 is 11.3 Å². The Morgan fingerprint density at radius 2 is 1.95 bits per heavy atom. The smallest absolute Gasteiger partial charge is 0.433 e. The molecule has 0 aliphatic carbocycles. The number of hydrogen-bond donors (Lipinski definition) is 1. The molecule has 0 aliphatic heterocycles. The molecule has 0 spiro atoms. The van der Waals surface area contributed by atoms with Crippen molar-refractivity contribution in [3.05, 3.63) is 87.9 Å². The van der Waals surface area contributed by atoms with Crippen LogP contribution in [0, 0.1) is 10.1 Å². The lowest BCUT2D eigenvalue weighted by atomic mass is 10.2. The van der Waals surface area contributed by atoms with Crippen LogP contribution in [0.4, 0.5) is 24.5 Å². The second-order valence-corrected chi connectivity index (χ2v) is 8.31. The molecule has 0 bridgehead atoms. The molecule has 0 saturated carbocycles.